The van der Waals surface area contributed by atoms with Gasteiger partial charge in [0.25, 0.3) is 0 Å². The van der Waals surface area contributed by atoms with Gasteiger partial charge in [-0.05, 0) is 24.3 Å². The SMILES string of the molecule is O=C1CCN([C@H](C#Cc2ccccc2)c2ccco2)CC1. The van der Waals surface area contributed by atoms with E-state index in [1.54, 1.807) is 6.26 Å². The second kappa shape index (κ2) is 6.43. The van der Waals surface area contributed by atoms with Crippen LogP contribution in [0.3, 0.4) is 0 Å². The van der Waals surface area contributed by atoms with E-state index in [0.717, 1.165) is 24.4 Å². The number of hydrogen-bond acceptors (Lipinski definition) is 3. The number of nitrogens with zero attached hydrogens (tertiary/aromatic N) is 1. The topological polar surface area (TPSA) is 33.5 Å². The summed E-state index contributed by atoms with van der Waals surface area (Å²) in [4.78, 5) is 13.6. The van der Waals surface area contributed by atoms with Gasteiger partial charge in [0.1, 0.15) is 17.6 Å². The van der Waals surface area contributed by atoms with E-state index in [0.29, 0.717) is 18.6 Å². The molecular weight excluding hydrogens is 262 g/mol. The molecule has 0 N–H and O–H groups in total. The van der Waals surface area contributed by atoms with Crippen LogP contribution in [-0.2, 0) is 4.79 Å². The molecule has 106 valence electrons. The zero-order valence-electron chi connectivity index (χ0n) is 11.8. The van der Waals surface area contributed by atoms with E-state index in [-0.39, 0.29) is 6.04 Å². The Labute approximate surface area is 124 Å². The summed E-state index contributed by atoms with van der Waals surface area (Å²) < 4.78 is 5.54. The van der Waals surface area contributed by atoms with E-state index in [9.17, 15) is 4.79 Å². The summed E-state index contributed by atoms with van der Waals surface area (Å²) in [5, 5.41) is 0. The van der Waals surface area contributed by atoms with E-state index in [4.69, 9.17) is 4.42 Å². The highest BCUT2D eigenvalue weighted by Crippen LogP contribution is 2.23. The van der Waals surface area contributed by atoms with Gasteiger partial charge in [-0.25, -0.2) is 0 Å². The molecule has 3 heteroatoms. The molecule has 0 unspecified atom stereocenters. The number of carbonyl (C=O) groups is 1. The number of hydrogen-bond donors (Lipinski definition) is 0. The largest absolute Gasteiger partial charge is 0.467 e. The molecule has 0 spiro atoms. The van der Waals surface area contributed by atoms with Crippen molar-refractivity contribution < 1.29 is 9.21 Å². The first-order valence-electron chi connectivity index (χ1n) is 7.19. The Balaban J connectivity index is 1.84. The first-order chi connectivity index (χ1) is 10.3. The normalized spacial score (nSPS) is 17.0. The molecule has 0 bridgehead atoms. The minimum absolute atomic E-state index is 0.0895. The average molecular weight is 279 g/mol. The summed E-state index contributed by atoms with van der Waals surface area (Å²) in [5.41, 5.74) is 0.988. The molecule has 2 aromatic rings. The van der Waals surface area contributed by atoms with Gasteiger partial charge in [0.05, 0.1) is 6.26 Å². The quantitative estimate of drug-likeness (QED) is 0.792. The Kier molecular flexibility index (Phi) is 4.18. The van der Waals surface area contributed by atoms with Gasteiger partial charge in [-0.2, -0.15) is 0 Å². The van der Waals surface area contributed by atoms with Crippen molar-refractivity contribution in [2.45, 2.75) is 18.9 Å². The Morgan fingerprint density at radius 2 is 1.81 bits per heavy atom. The number of piperidine rings is 1. The molecule has 3 rings (SSSR count). The fourth-order valence-corrected chi connectivity index (χ4v) is 2.49. The van der Waals surface area contributed by atoms with Crippen molar-refractivity contribution >= 4 is 5.78 Å². The lowest BCUT2D eigenvalue weighted by Gasteiger charge is -2.29. The van der Waals surface area contributed by atoms with Crippen LogP contribution in [0.1, 0.15) is 30.2 Å². The summed E-state index contributed by atoms with van der Waals surface area (Å²) in [6, 6.07) is 13.6. The van der Waals surface area contributed by atoms with Gasteiger partial charge in [0, 0.05) is 31.5 Å². The highest BCUT2D eigenvalue weighted by molar-refractivity contribution is 5.79. The van der Waals surface area contributed by atoms with Gasteiger partial charge in [0.2, 0.25) is 0 Å². The van der Waals surface area contributed by atoms with Crippen molar-refractivity contribution in [1.29, 1.82) is 0 Å². The smallest absolute Gasteiger partial charge is 0.135 e. The lowest BCUT2D eigenvalue weighted by Crippen LogP contribution is -2.36. The Hall–Kier alpha value is -2.31. The molecule has 1 saturated heterocycles. The first kappa shape index (κ1) is 13.7. The maximum absolute atomic E-state index is 11.4. The van der Waals surface area contributed by atoms with Crippen LogP contribution in [0.2, 0.25) is 0 Å². The van der Waals surface area contributed by atoms with Gasteiger partial charge < -0.3 is 4.42 Å². The molecule has 0 saturated carbocycles. The minimum atomic E-state index is -0.0895. The molecule has 0 amide bonds. The van der Waals surface area contributed by atoms with Crippen LogP contribution < -0.4 is 0 Å². The summed E-state index contributed by atoms with van der Waals surface area (Å²) in [7, 11) is 0. The number of rotatable bonds is 2. The standard InChI is InChI=1S/C18H17NO2/c20-16-10-12-19(13-11-16)17(18-7-4-14-21-18)9-8-15-5-2-1-3-6-15/h1-7,14,17H,10-13H2/t17-/m1/s1. The van der Waals surface area contributed by atoms with Gasteiger partial charge in [-0.15, -0.1) is 0 Å². The molecule has 1 aromatic heterocycles. The summed E-state index contributed by atoms with van der Waals surface area (Å²) in [6.45, 7) is 1.49. The van der Waals surface area contributed by atoms with Gasteiger partial charge in [0.15, 0.2) is 0 Å². The van der Waals surface area contributed by atoms with Gasteiger partial charge >= 0.3 is 0 Å². The predicted octanol–water partition coefficient (Wildman–Crippen LogP) is 3.04. The van der Waals surface area contributed by atoms with E-state index < -0.39 is 0 Å². The van der Waals surface area contributed by atoms with Crippen LogP contribution in [0, 0.1) is 11.8 Å². The number of ketones is 1. The van der Waals surface area contributed by atoms with Crippen molar-refractivity contribution in [2.24, 2.45) is 0 Å². The first-order valence-corrected chi connectivity index (χ1v) is 7.19. The highest BCUT2D eigenvalue weighted by Gasteiger charge is 2.25. The Morgan fingerprint density at radius 1 is 1.05 bits per heavy atom. The second-order valence-electron chi connectivity index (χ2n) is 5.13. The number of Topliss-reactive ketones (excluding diaryl/α,β-unsaturated/α-hetero) is 1. The van der Waals surface area contributed by atoms with Crippen molar-refractivity contribution in [2.75, 3.05) is 13.1 Å². The van der Waals surface area contributed by atoms with Crippen LogP contribution in [0.5, 0.6) is 0 Å². The molecule has 0 radical (unpaired) electrons. The molecule has 0 aliphatic carbocycles. The number of carbonyl (C=O) groups excluding carboxylic acids is 1. The minimum Gasteiger partial charge on any atom is -0.467 e. The summed E-state index contributed by atoms with van der Waals surface area (Å²) in [6.07, 6.45) is 2.87. The van der Waals surface area contributed by atoms with Crippen molar-refractivity contribution in [3.05, 3.63) is 60.1 Å². The third-order valence-corrected chi connectivity index (χ3v) is 3.66. The van der Waals surface area contributed by atoms with E-state index in [2.05, 4.69) is 16.7 Å². The monoisotopic (exact) mass is 279 g/mol. The zero-order valence-corrected chi connectivity index (χ0v) is 11.8. The third kappa shape index (κ3) is 3.42. The lowest BCUT2D eigenvalue weighted by molar-refractivity contribution is -0.121. The van der Waals surface area contributed by atoms with E-state index in [1.807, 2.05) is 42.5 Å². The third-order valence-electron chi connectivity index (χ3n) is 3.66. The summed E-state index contributed by atoms with van der Waals surface area (Å²) >= 11 is 0. The Morgan fingerprint density at radius 3 is 2.48 bits per heavy atom. The van der Waals surface area contributed by atoms with Crippen molar-refractivity contribution in [1.82, 2.24) is 4.90 Å². The molecule has 3 nitrogen and oxygen atoms in total. The van der Waals surface area contributed by atoms with Crippen molar-refractivity contribution in [3.63, 3.8) is 0 Å². The highest BCUT2D eigenvalue weighted by atomic mass is 16.3. The van der Waals surface area contributed by atoms with Crippen LogP contribution in [0.4, 0.5) is 0 Å². The summed E-state index contributed by atoms with van der Waals surface area (Å²) in [5.74, 6) is 7.67. The van der Waals surface area contributed by atoms with Crippen LogP contribution in [-0.4, -0.2) is 23.8 Å². The molecule has 21 heavy (non-hydrogen) atoms. The average Bonchev–Trinajstić information content (AvgIpc) is 3.04. The van der Waals surface area contributed by atoms with Crippen LogP contribution in [0.15, 0.2) is 53.1 Å². The number of benzene rings is 1. The lowest BCUT2D eigenvalue weighted by atomic mass is 10.1. The van der Waals surface area contributed by atoms with E-state index in [1.165, 1.54) is 0 Å². The predicted molar refractivity (Wildman–Crippen MR) is 80.6 cm³/mol. The number of furan rings is 1. The van der Waals surface area contributed by atoms with Crippen LogP contribution in [0.25, 0.3) is 0 Å². The van der Waals surface area contributed by atoms with Crippen molar-refractivity contribution in [3.8, 4) is 11.8 Å². The molecule has 1 atom stereocenters. The molecule has 1 aromatic carbocycles. The van der Waals surface area contributed by atoms with Gasteiger partial charge in [-0.1, -0.05) is 30.0 Å². The molecular formula is C18H17NO2. The van der Waals surface area contributed by atoms with E-state index >= 15 is 0 Å². The number of likely N-dealkylation sites (tertiary alicyclic amines) is 1. The molecule has 2 heterocycles. The molecule has 1 aliphatic heterocycles. The molecule has 1 aliphatic rings. The maximum atomic E-state index is 11.4. The zero-order chi connectivity index (χ0) is 14.5. The fourth-order valence-electron chi connectivity index (χ4n) is 2.49. The molecule has 1 fully saturated rings. The fraction of sp³-hybridized carbons (Fsp3) is 0.278. The maximum Gasteiger partial charge on any atom is 0.135 e. The Bertz CT molecular complexity index is 640. The van der Waals surface area contributed by atoms with Gasteiger partial charge in [-0.3, -0.25) is 9.69 Å². The second-order valence-corrected chi connectivity index (χ2v) is 5.13. The van der Waals surface area contributed by atoms with Crippen LogP contribution >= 0.6 is 0 Å².